The second-order valence-corrected chi connectivity index (χ2v) is 5.96. The third-order valence-corrected chi connectivity index (χ3v) is 3.88. The van der Waals surface area contributed by atoms with Gasteiger partial charge < -0.3 is 15.4 Å². The van der Waals surface area contributed by atoms with Crippen LogP contribution in [0.4, 0.5) is 11.4 Å². The van der Waals surface area contributed by atoms with Crippen LogP contribution in [0.2, 0.25) is 0 Å². The van der Waals surface area contributed by atoms with E-state index in [0.29, 0.717) is 22.8 Å². The van der Waals surface area contributed by atoms with Crippen LogP contribution in [0.5, 0.6) is 5.75 Å². The van der Waals surface area contributed by atoms with E-state index in [1.165, 1.54) is 24.6 Å². The highest BCUT2D eigenvalue weighted by molar-refractivity contribution is 6.05. The number of nitrogens with one attached hydrogen (secondary N) is 2. The summed E-state index contributed by atoms with van der Waals surface area (Å²) in [6.45, 7) is 3.27. The van der Waals surface area contributed by atoms with Crippen LogP contribution in [-0.4, -0.2) is 28.3 Å². The smallest absolute Gasteiger partial charge is 0.270 e. The molecule has 2 amide bonds. The Morgan fingerprint density at radius 3 is 2.63 bits per heavy atom. The summed E-state index contributed by atoms with van der Waals surface area (Å²) >= 11 is 0. The van der Waals surface area contributed by atoms with E-state index in [1.54, 1.807) is 36.5 Å². The number of aromatic nitrogens is 2. The highest BCUT2D eigenvalue weighted by atomic mass is 16.5. The van der Waals surface area contributed by atoms with Crippen molar-refractivity contribution in [2.75, 3.05) is 17.7 Å². The highest BCUT2D eigenvalue weighted by Gasteiger charge is 2.16. The minimum Gasteiger partial charge on any atom is -0.495 e. The first-order valence-electron chi connectivity index (χ1n) is 8.14. The summed E-state index contributed by atoms with van der Waals surface area (Å²) in [5.41, 5.74) is 1.64. The molecule has 0 radical (unpaired) electrons. The van der Waals surface area contributed by atoms with Crippen LogP contribution in [0.1, 0.15) is 22.8 Å². The van der Waals surface area contributed by atoms with Gasteiger partial charge in [0.1, 0.15) is 17.0 Å². The first-order chi connectivity index (χ1) is 12.9. The molecule has 0 fully saturated rings. The summed E-state index contributed by atoms with van der Waals surface area (Å²) in [4.78, 5) is 40.7. The fourth-order valence-electron chi connectivity index (χ4n) is 2.61. The van der Waals surface area contributed by atoms with Gasteiger partial charge in [0.2, 0.25) is 5.91 Å². The molecule has 0 spiro atoms. The molecular weight excluding hydrogens is 348 g/mol. The maximum atomic E-state index is 12.6. The maximum absolute atomic E-state index is 12.6. The number of anilines is 2. The zero-order valence-electron chi connectivity index (χ0n) is 15.1. The largest absolute Gasteiger partial charge is 0.495 e. The Balaban J connectivity index is 1.97. The lowest BCUT2D eigenvalue weighted by atomic mass is 10.2. The van der Waals surface area contributed by atoms with Crippen molar-refractivity contribution < 1.29 is 14.3 Å². The number of carbonyl (C=O) groups excluding carboxylic acids is 2. The number of amides is 2. The Kier molecular flexibility index (Phi) is 4.89. The van der Waals surface area contributed by atoms with E-state index in [-0.39, 0.29) is 11.5 Å². The van der Waals surface area contributed by atoms with Crippen LogP contribution in [0.25, 0.3) is 5.65 Å². The van der Waals surface area contributed by atoms with Crippen LogP contribution in [0, 0.1) is 6.92 Å². The molecule has 0 saturated heterocycles. The van der Waals surface area contributed by atoms with Gasteiger partial charge in [-0.15, -0.1) is 0 Å². The predicted octanol–water partition coefficient (Wildman–Crippen LogP) is 2.22. The fraction of sp³-hybridized carbons (Fsp3) is 0.158. The number of ether oxygens (including phenoxy) is 1. The lowest BCUT2D eigenvalue weighted by Crippen LogP contribution is -2.26. The molecule has 138 valence electrons. The number of nitrogens with zero attached hydrogens (tertiary/aromatic N) is 2. The molecule has 1 aromatic carbocycles. The molecule has 2 N–H and O–H groups in total. The second kappa shape index (κ2) is 7.28. The van der Waals surface area contributed by atoms with E-state index < -0.39 is 11.5 Å². The maximum Gasteiger partial charge on any atom is 0.270 e. The number of rotatable bonds is 4. The average Bonchev–Trinajstić information content (AvgIpc) is 2.61. The monoisotopic (exact) mass is 366 g/mol. The Hall–Kier alpha value is -3.68. The number of methoxy groups -OCH3 is 1. The van der Waals surface area contributed by atoms with Gasteiger partial charge in [-0.1, -0.05) is 0 Å². The molecule has 0 atom stereocenters. The molecule has 0 bridgehead atoms. The fourth-order valence-corrected chi connectivity index (χ4v) is 2.61. The van der Waals surface area contributed by atoms with Gasteiger partial charge in [0, 0.05) is 25.0 Å². The number of hydrogen-bond donors (Lipinski definition) is 2. The van der Waals surface area contributed by atoms with Crippen LogP contribution in [0.15, 0.2) is 47.5 Å². The molecule has 0 aliphatic heterocycles. The normalized spacial score (nSPS) is 10.5. The number of aryl methyl sites for hydroxylation is 1. The summed E-state index contributed by atoms with van der Waals surface area (Å²) < 4.78 is 6.54. The van der Waals surface area contributed by atoms with E-state index >= 15 is 0 Å². The predicted molar refractivity (Wildman–Crippen MR) is 101 cm³/mol. The highest BCUT2D eigenvalue weighted by Crippen LogP contribution is 2.28. The zero-order chi connectivity index (χ0) is 19.6. The van der Waals surface area contributed by atoms with Crippen molar-refractivity contribution in [1.82, 2.24) is 9.38 Å². The summed E-state index contributed by atoms with van der Waals surface area (Å²) in [5.74, 6) is -0.479. The van der Waals surface area contributed by atoms with Crippen molar-refractivity contribution in [3.8, 4) is 5.75 Å². The van der Waals surface area contributed by atoms with Gasteiger partial charge in [0.05, 0.1) is 12.8 Å². The molecule has 2 aromatic heterocycles. The van der Waals surface area contributed by atoms with E-state index in [4.69, 9.17) is 4.74 Å². The van der Waals surface area contributed by atoms with Gasteiger partial charge in [-0.25, -0.2) is 4.98 Å². The lowest BCUT2D eigenvalue weighted by molar-refractivity contribution is -0.114. The Morgan fingerprint density at radius 1 is 1.15 bits per heavy atom. The number of benzene rings is 1. The molecule has 2 heterocycles. The lowest BCUT2D eigenvalue weighted by Gasteiger charge is -2.12. The van der Waals surface area contributed by atoms with Gasteiger partial charge in [-0.05, 0) is 42.8 Å². The van der Waals surface area contributed by atoms with Crippen LogP contribution >= 0.6 is 0 Å². The molecule has 8 nitrogen and oxygen atoms in total. The van der Waals surface area contributed by atoms with Crippen molar-refractivity contribution in [3.63, 3.8) is 0 Å². The van der Waals surface area contributed by atoms with Crippen molar-refractivity contribution in [2.45, 2.75) is 13.8 Å². The van der Waals surface area contributed by atoms with Crippen LogP contribution in [0.3, 0.4) is 0 Å². The summed E-state index contributed by atoms with van der Waals surface area (Å²) in [5, 5.41) is 5.27. The number of pyridine rings is 1. The SMILES string of the molecule is COc1ccc(NC(C)=O)cc1NC(=O)c1cnc2cc(C)ccn2c1=O. The molecular formula is C19H18N4O4. The molecule has 27 heavy (non-hydrogen) atoms. The Morgan fingerprint density at radius 2 is 1.93 bits per heavy atom. The zero-order valence-corrected chi connectivity index (χ0v) is 15.1. The minimum atomic E-state index is -0.624. The van der Waals surface area contributed by atoms with Gasteiger partial charge in [-0.2, -0.15) is 0 Å². The molecule has 8 heteroatoms. The number of carbonyl (C=O) groups is 2. The second-order valence-electron chi connectivity index (χ2n) is 5.96. The molecule has 3 rings (SSSR count). The van der Waals surface area contributed by atoms with Crippen LogP contribution in [-0.2, 0) is 4.79 Å². The molecule has 0 aliphatic rings. The van der Waals surface area contributed by atoms with E-state index in [1.807, 2.05) is 6.92 Å². The van der Waals surface area contributed by atoms with Crippen LogP contribution < -0.4 is 20.9 Å². The van der Waals surface area contributed by atoms with Crippen molar-refractivity contribution >= 4 is 28.8 Å². The average molecular weight is 366 g/mol. The minimum absolute atomic E-state index is 0.108. The molecule has 0 aliphatic carbocycles. The van der Waals surface area contributed by atoms with Gasteiger partial charge in [0.15, 0.2) is 0 Å². The quantitative estimate of drug-likeness (QED) is 0.737. The first kappa shape index (κ1) is 18.1. The summed E-state index contributed by atoms with van der Waals surface area (Å²) in [7, 11) is 1.46. The topological polar surface area (TPSA) is 102 Å². The third kappa shape index (κ3) is 3.79. The van der Waals surface area contributed by atoms with E-state index in [9.17, 15) is 14.4 Å². The van der Waals surface area contributed by atoms with Gasteiger partial charge >= 0.3 is 0 Å². The first-order valence-corrected chi connectivity index (χ1v) is 8.14. The molecule has 3 aromatic rings. The summed E-state index contributed by atoms with van der Waals surface area (Å²) in [6, 6.07) is 8.31. The van der Waals surface area contributed by atoms with E-state index in [2.05, 4.69) is 15.6 Å². The van der Waals surface area contributed by atoms with Gasteiger partial charge in [0.25, 0.3) is 11.5 Å². The Bertz CT molecular complexity index is 1100. The number of fused-ring (bicyclic) bond motifs is 1. The van der Waals surface area contributed by atoms with Crippen molar-refractivity contribution in [2.24, 2.45) is 0 Å². The third-order valence-electron chi connectivity index (χ3n) is 3.88. The molecule has 0 saturated carbocycles. The molecule has 0 unspecified atom stereocenters. The number of hydrogen-bond acceptors (Lipinski definition) is 5. The van der Waals surface area contributed by atoms with E-state index in [0.717, 1.165) is 5.56 Å². The Labute approximate surface area is 154 Å². The van der Waals surface area contributed by atoms with Gasteiger partial charge in [-0.3, -0.25) is 18.8 Å². The van der Waals surface area contributed by atoms with Crippen molar-refractivity contribution in [3.05, 3.63) is 64.2 Å². The van der Waals surface area contributed by atoms with Crippen molar-refractivity contribution in [1.29, 1.82) is 0 Å². The summed E-state index contributed by atoms with van der Waals surface area (Å²) in [6.07, 6.45) is 2.82. The standard InChI is InChI=1S/C19H18N4O4/c1-11-6-7-23-17(8-11)20-10-14(19(23)26)18(25)22-15-9-13(21-12(2)24)4-5-16(15)27-3/h4-10H,1-3H3,(H,21,24)(H,22,25).